The zero-order valence-electron chi connectivity index (χ0n) is 17.7. The van der Waals surface area contributed by atoms with Crippen LogP contribution in [0.1, 0.15) is 62.5 Å². The van der Waals surface area contributed by atoms with E-state index in [9.17, 15) is 4.79 Å². The molecule has 2 aromatic heterocycles. The predicted octanol–water partition coefficient (Wildman–Crippen LogP) is 3.76. The lowest BCUT2D eigenvalue weighted by Gasteiger charge is -2.24. The van der Waals surface area contributed by atoms with Gasteiger partial charge in [0.05, 0.1) is 18.3 Å². The third kappa shape index (κ3) is 3.51. The second-order valence-electron chi connectivity index (χ2n) is 8.68. The van der Waals surface area contributed by atoms with E-state index >= 15 is 0 Å². The summed E-state index contributed by atoms with van der Waals surface area (Å²) in [5.41, 5.74) is 1.78. The molecule has 7 nitrogen and oxygen atoms in total. The summed E-state index contributed by atoms with van der Waals surface area (Å²) in [4.78, 5) is 22.9. The number of rotatable bonds is 5. The Kier molecular flexibility index (Phi) is 5.06. The maximum Gasteiger partial charge on any atom is 0.262 e. The number of fused-ring (bicyclic) bond motifs is 1. The normalized spacial score (nSPS) is 21.5. The Balaban J connectivity index is 1.36. The van der Waals surface area contributed by atoms with Crippen LogP contribution in [0.4, 0.5) is 0 Å². The van der Waals surface area contributed by atoms with E-state index in [1.807, 2.05) is 22.9 Å². The molecule has 1 saturated carbocycles. The molecule has 30 heavy (non-hydrogen) atoms. The van der Waals surface area contributed by atoms with Gasteiger partial charge in [0, 0.05) is 13.1 Å². The van der Waals surface area contributed by atoms with Gasteiger partial charge in [-0.15, -0.1) is 0 Å². The maximum absolute atomic E-state index is 12.7. The topological polar surface area (TPSA) is 76.0 Å². The van der Waals surface area contributed by atoms with E-state index in [1.54, 1.807) is 6.20 Å². The van der Waals surface area contributed by atoms with Gasteiger partial charge in [0.25, 0.3) is 5.56 Å². The van der Waals surface area contributed by atoms with Gasteiger partial charge in [-0.25, -0.2) is 9.67 Å². The Hall–Kier alpha value is -2.67. The molecule has 0 bridgehead atoms. The molecule has 0 amide bonds. The van der Waals surface area contributed by atoms with Crippen LogP contribution in [0.3, 0.4) is 0 Å². The zero-order valence-corrected chi connectivity index (χ0v) is 17.7. The second kappa shape index (κ2) is 7.87. The van der Waals surface area contributed by atoms with Gasteiger partial charge in [-0.1, -0.05) is 31.0 Å². The summed E-state index contributed by atoms with van der Waals surface area (Å²) < 4.78 is 8.22. The third-order valence-corrected chi connectivity index (χ3v) is 6.66. The van der Waals surface area contributed by atoms with Crippen molar-refractivity contribution in [2.75, 3.05) is 13.1 Å². The molecule has 7 heteroatoms. The van der Waals surface area contributed by atoms with Crippen LogP contribution in [0.15, 0.2) is 35.3 Å². The highest BCUT2D eigenvalue weighted by molar-refractivity contribution is 5.73. The average molecular weight is 408 g/mol. The van der Waals surface area contributed by atoms with Crippen molar-refractivity contribution in [3.05, 3.63) is 52.2 Å². The van der Waals surface area contributed by atoms with Crippen molar-refractivity contribution >= 4 is 11.0 Å². The molecule has 1 saturated heterocycles. The molecule has 0 radical (unpaired) electrons. The van der Waals surface area contributed by atoms with Crippen LogP contribution in [-0.4, -0.2) is 43.8 Å². The fraction of sp³-hybridized carbons (Fsp3) is 0.522. The zero-order chi connectivity index (χ0) is 20.7. The van der Waals surface area contributed by atoms with E-state index in [1.165, 1.54) is 12.8 Å². The summed E-state index contributed by atoms with van der Waals surface area (Å²) in [6.07, 6.45) is 7.43. The van der Waals surface area contributed by atoms with Crippen LogP contribution < -0.4 is 10.3 Å². The standard InChI is InChI=1S/C23H29N5O2/c1-15-7-3-6-10-20(15)30-18-11-12-27(14-18)16(2)21-25-22-19(23(29)26-21)13-24-28(22)17-8-4-5-9-17/h3,6-7,10,13,16-18H,4-5,8-9,11-12,14H2,1-2H3,(H,25,26,29)/t16-,18-/m1/s1. The monoisotopic (exact) mass is 407 g/mol. The Labute approximate surface area is 176 Å². The Morgan fingerprint density at radius 2 is 2.00 bits per heavy atom. The summed E-state index contributed by atoms with van der Waals surface area (Å²) in [5, 5.41) is 5.09. The number of hydrogen-bond acceptors (Lipinski definition) is 5. The second-order valence-corrected chi connectivity index (χ2v) is 8.68. The van der Waals surface area contributed by atoms with Crippen LogP contribution in [-0.2, 0) is 0 Å². The van der Waals surface area contributed by atoms with Crippen molar-refractivity contribution in [3.63, 3.8) is 0 Å². The van der Waals surface area contributed by atoms with E-state index in [-0.39, 0.29) is 17.7 Å². The highest BCUT2D eigenvalue weighted by Crippen LogP contribution is 2.31. The van der Waals surface area contributed by atoms with Gasteiger partial charge >= 0.3 is 0 Å². The number of aromatic amines is 1. The van der Waals surface area contributed by atoms with Crippen molar-refractivity contribution < 1.29 is 4.74 Å². The summed E-state index contributed by atoms with van der Waals surface area (Å²) in [6, 6.07) is 8.51. The van der Waals surface area contributed by atoms with Crippen molar-refractivity contribution in [2.45, 2.75) is 64.1 Å². The van der Waals surface area contributed by atoms with Crippen molar-refractivity contribution in [2.24, 2.45) is 0 Å². The maximum atomic E-state index is 12.7. The van der Waals surface area contributed by atoms with Gasteiger partial charge in [0.1, 0.15) is 23.1 Å². The largest absolute Gasteiger partial charge is 0.489 e. The van der Waals surface area contributed by atoms with Crippen LogP contribution in [0.5, 0.6) is 5.75 Å². The van der Waals surface area contributed by atoms with E-state index in [0.717, 1.165) is 49.3 Å². The minimum absolute atomic E-state index is 0.0134. The first-order valence-electron chi connectivity index (χ1n) is 11.0. The van der Waals surface area contributed by atoms with E-state index in [4.69, 9.17) is 9.72 Å². The molecular formula is C23H29N5O2. The molecule has 1 aliphatic heterocycles. The molecule has 3 heterocycles. The third-order valence-electron chi connectivity index (χ3n) is 6.66. The number of aromatic nitrogens is 4. The number of nitrogens with one attached hydrogen (secondary N) is 1. The number of likely N-dealkylation sites (tertiary alicyclic amines) is 1. The molecule has 2 fully saturated rings. The molecule has 5 rings (SSSR count). The van der Waals surface area contributed by atoms with Gasteiger partial charge in [0.15, 0.2) is 5.65 Å². The van der Waals surface area contributed by atoms with Gasteiger partial charge in [0.2, 0.25) is 0 Å². The number of aryl methyl sites for hydroxylation is 1. The Bertz CT molecular complexity index is 1100. The number of ether oxygens (including phenoxy) is 1. The van der Waals surface area contributed by atoms with Gasteiger partial charge in [-0.3, -0.25) is 9.69 Å². The predicted molar refractivity (Wildman–Crippen MR) is 116 cm³/mol. The fourth-order valence-corrected chi connectivity index (χ4v) is 4.81. The molecule has 1 N–H and O–H groups in total. The number of benzene rings is 1. The van der Waals surface area contributed by atoms with Crippen LogP contribution in [0.2, 0.25) is 0 Å². The molecule has 1 aliphatic carbocycles. The molecule has 0 spiro atoms. The molecule has 0 unspecified atom stereocenters. The van der Waals surface area contributed by atoms with Gasteiger partial charge in [-0.05, 0) is 44.7 Å². The number of hydrogen-bond donors (Lipinski definition) is 1. The summed E-state index contributed by atoms with van der Waals surface area (Å²) in [7, 11) is 0. The number of H-pyrrole nitrogens is 1. The van der Waals surface area contributed by atoms with E-state index in [0.29, 0.717) is 17.3 Å². The first kappa shape index (κ1) is 19.3. The average Bonchev–Trinajstić information content (AvgIpc) is 3.49. The number of nitrogens with zero attached hydrogens (tertiary/aromatic N) is 4. The lowest BCUT2D eigenvalue weighted by Crippen LogP contribution is -2.30. The summed E-state index contributed by atoms with van der Waals surface area (Å²) in [5.74, 6) is 1.66. The summed E-state index contributed by atoms with van der Waals surface area (Å²) in [6.45, 7) is 5.92. The SMILES string of the molecule is Cc1ccccc1O[C@@H]1CCN([C@H](C)c2nc3c(cnn3C3CCCC3)c(=O)[nH]2)C1. The molecule has 158 valence electrons. The van der Waals surface area contributed by atoms with Crippen LogP contribution in [0.25, 0.3) is 11.0 Å². The summed E-state index contributed by atoms with van der Waals surface area (Å²) >= 11 is 0. The molecule has 3 aromatic rings. The molecular weight excluding hydrogens is 378 g/mol. The Morgan fingerprint density at radius 3 is 2.80 bits per heavy atom. The van der Waals surface area contributed by atoms with Crippen molar-refractivity contribution in [1.82, 2.24) is 24.6 Å². The van der Waals surface area contributed by atoms with Crippen LogP contribution in [0, 0.1) is 6.92 Å². The minimum Gasteiger partial charge on any atom is -0.489 e. The van der Waals surface area contributed by atoms with Crippen molar-refractivity contribution in [3.8, 4) is 5.75 Å². The minimum atomic E-state index is -0.0991. The lowest BCUT2D eigenvalue weighted by molar-refractivity contribution is 0.179. The Morgan fingerprint density at radius 1 is 1.20 bits per heavy atom. The molecule has 1 aromatic carbocycles. The highest BCUT2D eigenvalue weighted by atomic mass is 16.5. The fourth-order valence-electron chi connectivity index (χ4n) is 4.81. The highest BCUT2D eigenvalue weighted by Gasteiger charge is 2.30. The van der Waals surface area contributed by atoms with Gasteiger partial charge < -0.3 is 9.72 Å². The lowest BCUT2D eigenvalue weighted by atomic mass is 10.2. The molecule has 2 aliphatic rings. The number of para-hydroxylation sites is 1. The van der Waals surface area contributed by atoms with Gasteiger partial charge in [-0.2, -0.15) is 5.10 Å². The molecule has 2 atom stereocenters. The van der Waals surface area contributed by atoms with Crippen LogP contribution >= 0.6 is 0 Å². The quantitative estimate of drug-likeness (QED) is 0.697. The first-order valence-corrected chi connectivity index (χ1v) is 11.0. The smallest absolute Gasteiger partial charge is 0.262 e. The van der Waals surface area contributed by atoms with E-state index < -0.39 is 0 Å². The van der Waals surface area contributed by atoms with E-state index in [2.05, 4.69) is 34.9 Å². The first-order chi connectivity index (χ1) is 14.6. The van der Waals surface area contributed by atoms with Crippen molar-refractivity contribution in [1.29, 1.82) is 0 Å².